The minimum absolute atomic E-state index is 0.547. The van der Waals surface area contributed by atoms with Gasteiger partial charge in [0.25, 0.3) is 0 Å². The van der Waals surface area contributed by atoms with E-state index in [1.54, 1.807) is 0 Å². The molecule has 0 spiro atoms. The fourth-order valence-corrected chi connectivity index (χ4v) is 2.48. The summed E-state index contributed by atoms with van der Waals surface area (Å²) in [6.45, 7) is 6.51. The molecule has 110 valence electrons. The number of imidazole rings is 1. The molecule has 0 N–H and O–H groups in total. The summed E-state index contributed by atoms with van der Waals surface area (Å²) < 4.78 is 7.82. The van der Waals surface area contributed by atoms with E-state index in [2.05, 4.69) is 23.4 Å². The third kappa shape index (κ3) is 3.87. The van der Waals surface area contributed by atoms with Crippen LogP contribution in [0, 0.1) is 5.92 Å². The molecule has 1 aromatic heterocycles. The van der Waals surface area contributed by atoms with Gasteiger partial charge in [0.15, 0.2) is 0 Å². The van der Waals surface area contributed by atoms with Crippen LogP contribution in [0.3, 0.4) is 0 Å². The first-order chi connectivity index (χ1) is 9.61. The van der Waals surface area contributed by atoms with E-state index in [-0.39, 0.29) is 0 Å². The number of aryl methyl sites for hydroxylation is 1. The zero-order valence-electron chi connectivity index (χ0n) is 11.9. The third-order valence-electron chi connectivity index (χ3n) is 3.02. The number of nitrogens with zero attached hydrogens (tertiary/aromatic N) is 2. The monoisotopic (exact) mass is 314 g/mol. The third-order valence-corrected chi connectivity index (χ3v) is 3.44. The van der Waals surface area contributed by atoms with Crippen LogP contribution in [0.15, 0.2) is 18.2 Å². The second kappa shape index (κ2) is 7.30. The lowest BCUT2D eigenvalue weighted by Gasteiger charge is -2.10. The van der Waals surface area contributed by atoms with Crippen LogP contribution in [0.25, 0.3) is 11.0 Å². The van der Waals surface area contributed by atoms with E-state index in [1.165, 1.54) is 0 Å². The largest absolute Gasteiger partial charge is 0.379 e. The van der Waals surface area contributed by atoms with Crippen LogP contribution in [0.1, 0.15) is 19.7 Å². The highest BCUT2D eigenvalue weighted by atomic mass is 35.5. The molecule has 20 heavy (non-hydrogen) atoms. The number of hydrogen-bond donors (Lipinski definition) is 0. The molecule has 0 atom stereocenters. The van der Waals surface area contributed by atoms with E-state index in [0.29, 0.717) is 18.4 Å². The molecule has 3 nitrogen and oxygen atoms in total. The van der Waals surface area contributed by atoms with Gasteiger partial charge in [-0.1, -0.05) is 25.4 Å². The highest BCUT2D eigenvalue weighted by molar-refractivity contribution is 6.31. The molecule has 0 unspecified atom stereocenters. The Morgan fingerprint density at radius 2 is 2.15 bits per heavy atom. The van der Waals surface area contributed by atoms with E-state index in [0.717, 1.165) is 41.5 Å². The van der Waals surface area contributed by atoms with Gasteiger partial charge in [-0.3, -0.25) is 0 Å². The topological polar surface area (TPSA) is 27.1 Å². The summed E-state index contributed by atoms with van der Waals surface area (Å²) in [5.74, 6) is 2.10. The molecule has 0 saturated carbocycles. The quantitative estimate of drug-likeness (QED) is 0.567. The predicted molar refractivity (Wildman–Crippen MR) is 84.8 cm³/mol. The first-order valence-electron chi connectivity index (χ1n) is 6.90. The van der Waals surface area contributed by atoms with Crippen LogP contribution in [0.4, 0.5) is 0 Å². The molecule has 2 rings (SSSR count). The molecule has 0 aliphatic rings. The van der Waals surface area contributed by atoms with Crippen molar-refractivity contribution in [1.29, 1.82) is 0 Å². The second-order valence-corrected chi connectivity index (χ2v) is 6.03. The number of halogens is 2. The van der Waals surface area contributed by atoms with Crippen LogP contribution in [-0.2, 0) is 17.7 Å². The highest BCUT2D eigenvalue weighted by Gasteiger charge is 2.10. The zero-order chi connectivity index (χ0) is 14.5. The molecule has 5 heteroatoms. The standard InChI is InChI=1S/C15H20Cl2N2O/c1-11(2)10-20-8-7-19-14-9-12(17)3-4-13(14)18-15(19)5-6-16/h3-4,9,11H,5-8,10H2,1-2H3. The van der Waals surface area contributed by atoms with E-state index in [1.807, 2.05) is 18.2 Å². The van der Waals surface area contributed by atoms with Crippen molar-refractivity contribution in [3.05, 3.63) is 29.0 Å². The van der Waals surface area contributed by atoms with E-state index < -0.39 is 0 Å². The van der Waals surface area contributed by atoms with Gasteiger partial charge in [-0.15, -0.1) is 11.6 Å². The van der Waals surface area contributed by atoms with Gasteiger partial charge in [0.1, 0.15) is 5.82 Å². The van der Waals surface area contributed by atoms with Gasteiger partial charge in [-0.2, -0.15) is 0 Å². The van der Waals surface area contributed by atoms with Crippen LogP contribution >= 0.6 is 23.2 Å². The first-order valence-corrected chi connectivity index (χ1v) is 7.81. The zero-order valence-corrected chi connectivity index (χ0v) is 13.4. The Balaban J connectivity index is 2.19. The van der Waals surface area contributed by atoms with Gasteiger partial charge in [0, 0.05) is 30.5 Å². The number of hydrogen-bond acceptors (Lipinski definition) is 2. The predicted octanol–water partition coefficient (Wildman–Crippen LogP) is 4.14. The lowest BCUT2D eigenvalue weighted by atomic mass is 10.2. The number of rotatable bonds is 7. The summed E-state index contributed by atoms with van der Waals surface area (Å²) in [6, 6.07) is 5.76. The Kier molecular flexibility index (Phi) is 5.70. The minimum Gasteiger partial charge on any atom is -0.379 e. The van der Waals surface area contributed by atoms with Crippen molar-refractivity contribution in [2.24, 2.45) is 5.92 Å². The smallest absolute Gasteiger partial charge is 0.111 e. The Labute approximate surface area is 129 Å². The lowest BCUT2D eigenvalue weighted by Crippen LogP contribution is -2.12. The van der Waals surface area contributed by atoms with Crippen molar-refractivity contribution >= 4 is 34.2 Å². The van der Waals surface area contributed by atoms with Gasteiger partial charge in [0.2, 0.25) is 0 Å². The maximum Gasteiger partial charge on any atom is 0.111 e. The van der Waals surface area contributed by atoms with Crippen molar-refractivity contribution in [2.45, 2.75) is 26.8 Å². The van der Waals surface area contributed by atoms with Crippen molar-refractivity contribution in [1.82, 2.24) is 9.55 Å². The van der Waals surface area contributed by atoms with Gasteiger partial charge >= 0.3 is 0 Å². The fraction of sp³-hybridized carbons (Fsp3) is 0.533. The summed E-state index contributed by atoms with van der Waals surface area (Å²) in [7, 11) is 0. The molecule has 0 aliphatic heterocycles. The average molecular weight is 315 g/mol. The second-order valence-electron chi connectivity index (χ2n) is 5.22. The molecule has 0 bridgehead atoms. The summed E-state index contributed by atoms with van der Waals surface area (Å²) in [5, 5.41) is 0.721. The lowest BCUT2D eigenvalue weighted by molar-refractivity contribution is 0.103. The minimum atomic E-state index is 0.547. The van der Waals surface area contributed by atoms with Crippen molar-refractivity contribution < 1.29 is 4.74 Å². The summed E-state index contributed by atoms with van der Waals surface area (Å²) >= 11 is 11.9. The Morgan fingerprint density at radius 3 is 2.85 bits per heavy atom. The molecule has 0 radical (unpaired) electrons. The Hall–Kier alpha value is -0.770. The van der Waals surface area contributed by atoms with Crippen molar-refractivity contribution in [3.63, 3.8) is 0 Å². The molecule has 1 aromatic carbocycles. The van der Waals surface area contributed by atoms with Crippen molar-refractivity contribution in [3.8, 4) is 0 Å². The van der Waals surface area contributed by atoms with E-state index in [9.17, 15) is 0 Å². The number of aromatic nitrogens is 2. The van der Waals surface area contributed by atoms with Crippen LogP contribution in [0.2, 0.25) is 5.02 Å². The van der Waals surface area contributed by atoms with Gasteiger partial charge in [0.05, 0.1) is 17.6 Å². The average Bonchev–Trinajstić information content (AvgIpc) is 2.72. The Bertz CT molecular complexity index is 566. The molecule has 0 saturated heterocycles. The fourth-order valence-electron chi connectivity index (χ4n) is 2.15. The number of ether oxygens (including phenoxy) is 1. The number of benzene rings is 1. The Morgan fingerprint density at radius 1 is 1.35 bits per heavy atom. The van der Waals surface area contributed by atoms with Crippen LogP contribution in [0.5, 0.6) is 0 Å². The molecular weight excluding hydrogens is 295 g/mol. The molecular formula is C15H20Cl2N2O. The van der Waals surface area contributed by atoms with Crippen LogP contribution in [-0.4, -0.2) is 28.6 Å². The normalized spacial score (nSPS) is 11.7. The van der Waals surface area contributed by atoms with Gasteiger partial charge in [-0.25, -0.2) is 4.98 Å². The maximum absolute atomic E-state index is 6.08. The molecule has 0 fully saturated rings. The molecule has 0 amide bonds. The van der Waals surface area contributed by atoms with Crippen molar-refractivity contribution in [2.75, 3.05) is 19.1 Å². The maximum atomic E-state index is 6.08. The highest BCUT2D eigenvalue weighted by Crippen LogP contribution is 2.21. The molecule has 0 aliphatic carbocycles. The summed E-state index contributed by atoms with van der Waals surface area (Å²) in [4.78, 5) is 4.62. The number of alkyl halides is 1. The first kappa shape index (κ1) is 15.6. The van der Waals surface area contributed by atoms with E-state index in [4.69, 9.17) is 27.9 Å². The van der Waals surface area contributed by atoms with Gasteiger partial charge < -0.3 is 9.30 Å². The summed E-state index contributed by atoms with van der Waals surface area (Å²) in [6.07, 6.45) is 0.748. The van der Waals surface area contributed by atoms with Crippen LogP contribution < -0.4 is 0 Å². The van der Waals surface area contributed by atoms with Gasteiger partial charge in [-0.05, 0) is 24.1 Å². The SMILES string of the molecule is CC(C)COCCn1c(CCCl)nc2ccc(Cl)cc21. The van der Waals surface area contributed by atoms with E-state index >= 15 is 0 Å². The molecule has 2 aromatic rings. The number of fused-ring (bicyclic) bond motifs is 1. The molecule has 1 heterocycles. The summed E-state index contributed by atoms with van der Waals surface area (Å²) in [5.41, 5.74) is 2.00.